The van der Waals surface area contributed by atoms with Gasteiger partial charge in [0.15, 0.2) is 0 Å². The smallest absolute Gasteiger partial charge is 0.222 e. The van der Waals surface area contributed by atoms with Crippen LogP contribution < -0.4 is 4.74 Å². The highest BCUT2D eigenvalue weighted by Gasteiger charge is 2.08. The highest BCUT2D eigenvalue weighted by atomic mass is 19.1. The van der Waals surface area contributed by atoms with Crippen LogP contribution in [0.2, 0.25) is 0 Å². The Kier molecular flexibility index (Phi) is 2.22. The zero-order chi connectivity index (χ0) is 10.8. The Balaban J connectivity index is 2.88. The maximum Gasteiger partial charge on any atom is 0.222 e. The average molecular weight is 202 g/mol. The largest absolute Gasteiger partial charge is 0.481 e. The van der Waals surface area contributed by atoms with Gasteiger partial charge in [-0.2, -0.15) is 5.26 Å². The molecule has 0 bridgehead atoms. The zero-order valence-corrected chi connectivity index (χ0v) is 7.99. The summed E-state index contributed by atoms with van der Waals surface area (Å²) < 4.78 is 18.4. The van der Waals surface area contributed by atoms with Crippen molar-refractivity contribution < 1.29 is 9.13 Å². The van der Waals surface area contributed by atoms with Gasteiger partial charge >= 0.3 is 0 Å². The molecule has 74 valence electrons. The Morgan fingerprint density at radius 3 is 2.87 bits per heavy atom. The van der Waals surface area contributed by atoms with Crippen LogP contribution in [0.3, 0.4) is 0 Å². The molecule has 1 heterocycles. The number of nitriles is 1. The van der Waals surface area contributed by atoms with Gasteiger partial charge in [0.25, 0.3) is 0 Å². The third kappa shape index (κ3) is 1.48. The lowest BCUT2D eigenvalue weighted by Gasteiger charge is -2.05. The minimum absolute atomic E-state index is 0.143. The van der Waals surface area contributed by atoms with Crippen LogP contribution in [-0.4, -0.2) is 12.1 Å². The first-order valence-corrected chi connectivity index (χ1v) is 4.29. The van der Waals surface area contributed by atoms with Gasteiger partial charge in [-0.3, -0.25) is 0 Å². The molecular weight excluding hydrogens is 195 g/mol. The van der Waals surface area contributed by atoms with Crippen LogP contribution in [0.25, 0.3) is 10.8 Å². The van der Waals surface area contributed by atoms with E-state index in [0.717, 1.165) is 0 Å². The molecule has 2 aromatic rings. The van der Waals surface area contributed by atoms with Crippen LogP contribution in [0.5, 0.6) is 5.88 Å². The number of methoxy groups -OCH3 is 1. The first-order valence-electron chi connectivity index (χ1n) is 4.29. The van der Waals surface area contributed by atoms with Crippen LogP contribution in [0.4, 0.5) is 4.39 Å². The standard InChI is InChI=1S/C11H7FN2O/c1-15-11-8-3-2-4-10(12)9(8)5-7(6-13)14-11/h2-5H,1H3. The Morgan fingerprint density at radius 2 is 2.20 bits per heavy atom. The number of aromatic nitrogens is 1. The van der Waals surface area contributed by atoms with E-state index in [2.05, 4.69) is 4.98 Å². The quantitative estimate of drug-likeness (QED) is 0.712. The van der Waals surface area contributed by atoms with Crippen molar-refractivity contribution in [3.05, 3.63) is 35.8 Å². The van der Waals surface area contributed by atoms with Crippen molar-refractivity contribution in [2.75, 3.05) is 7.11 Å². The van der Waals surface area contributed by atoms with E-state index in [1.165, 1.54) is 19.2 Å². The minimum atomic E-state index is -0.385. The topological polar surface area (TPSA) is 45.9 Å². The first kappa shape index (κ1) is 9.41. The average Bonchev–Trinajstić information content (AvgIpc) is 2.28. The Labute approximate surface area is 85.7 Å². The summed E-state index contributed by atoms with van der Waals surface area (Å²) in [5, 5.41) is 9.63. The van der Waals surface area contributed by atoms with Gasteiger partial charge in [-0.25, -0.2) is 9.37 Å². The molecule has 4 heteroatoms. The summed E-state index contributed by atoms with van der Waals surface area (Å²) in [6, 6.07) is 7.89. The van der Waals surface area contributed by atoms with Gasteiger partial charge in [0.05, 0.1) is 7.11 Å². The molecule has 0 atom stereocenters. The predicted molar refractivity (Wildman–Crippen MR) is 53.0 cm³/mol. The number of pyridine rings is 1. The number of rotatable bonds is 1. The van der Waals surface area contributed by atoms with Crippen molar-refractivity contribution in [2.24, 2.45) is 0 Å². The van der Waals surface area contributed by atoms with Gasteiger partial charge in [-0.05, 0) is 18.2 Å². The number of fused-ring (bicyclic) bond motifs is 1. The van der Waals surface area contributed by atoms with Crippen LogP contribution in [-0.2, 0) is 0 Å². The highest BCUT2D eigenvalue weighted by molar-refractivity contribution is 5.88. The highest BCUT2D eigenvalue weighted by Crippen LogP contribution is 2.25. The molecular formula is C11H7FN2O. The summed E-state index contributed by atoms with van der Waals surface area (Å²) in [6.07, 6.45) is 0. The number of halogens is 1. The lowest BCUT2D eigenvalue weighted by atomic mass is 10.1. The molecule has 0 radical (unpaired) electrons. The molecule has 0 spiro atoms. The second kappa shape index (κ2) is 3.54. The minimum Gasteiger partial charge on any atom is -0.481 e. The van der Waals surface area contributed by atoms with E-state index in [-0.39, 0.29) is 17.4 Å². The van der Waals surface area contributed by atoms with Crippen LogP contribution >= 0.6 is 0 Å². The zero-order valence-electron chi connectivity index (χ0n) is 7.99. The van der Waals surface area contributed by atoms with E-state index in [4.69, 9.17) is 10.00 Å². The van der Waals surface area contributed by atoms with Crippen molar-refractivity contribution in [3.63, 3.8) is 0 Å². The maximum absolute atomic E-state index is 13.4. The van der Waals surface area contributed by atoms with Gasteiger partial charge in [0.2, 0.25) is 5.88 Å². The second-order valence-corrected chi connectivity index (χ2v) is 2.96. The molecule has 0 unspecified atom stereocenters. The van der Waals surface area contributed by atoms with E-state index in [9.17, 15) is 4.39 Å². The van der Waals surface area contributed by atoms with Crippen molar-refractivity contribution in [3.8, 4) is 11.9 Å². The summed E-state index contributed by atoms with van der Waals surface area (Å²) in [5.74, 6) is -0.117. The summed E-state index contributed by atoms with van der Waals surface area (Å²) >= 11 is 0. The molecule has 1 aromatic heterocycles. The van der Waals surface area contributed by atoms with E-state index in [0.29, 0.717) is 10.8 Å². The third-order valence-electron chi connectivity index (χ3n) is 2.09. The van der Waals surface area contributed by atoms with Crippen LogP contribution in [0, 0.1) is 17.1 Å². The number of benzene rings is 1. The molecule has 0 aliphatic rings. The van der Waals surface area contributed by atoms with Gasteiger partial charge in [-0.1, -0.05) is 6.07 Å². The number of nitrogens with zero attached hydrogens (tertiary/aromatic N) is 2. The number of hydrogen-bond acceptors (Lipinski definition) is 3. The van der Waals surface area contributed by atoms with Crippen LogP contribution in [0.1, 0.15) is 5.69 Å². The first-order chi connectivity index (χ1) is 7.26. The SMILES string of the molecule is COc1nc(C#N)cc2c(F)cccc12. The molecule has 0 saturated heterocycles. The summed E-state index contributed by atoms with van der Waals surface area (Å²) in [6.45, 7) is 0. The molecule has 15 heavy (non-hydrogen) atoms. The summed E-state index contributed by atoms with van der Waals surface area (Å²) in [5.41, 5.74) is 0.143. The molecule has 0 N–H and O–H groups in total. The fourth-order valence-corrected chi connectivity index (χ4v) is 1.42. The van der Waals surface area contributed by atoms with E-state index in [1.807, 2.05) is 6.07 Å². The fourth-order valence-electron chi connectivity index (χ4n) is 1.42. The van der Waals surface area contributed by atoms with Gasteiger partial charge in [0.1, 0.15) is 17.6 Å². The molecule has 0 fully saturated rings. The lowest BCUT2D eigenvalue weighted by Crippen LogP contribution is -1.93. The Hall–Kier alpha value is -2.15. The number of ether oxygens (including phenoxy) is 1. The fraction of sp³-hybridized carbons (Fsp3) is 0.0909. The van der Waals surface area contributed by atoms with Gasteiger partial charge < -0.3 is 4.74 Å². The van der Waals surface area contributed by atoms with E-state index < -0.39 is 0 Å². The Bertz CT molecular complexity index is 560. The summed E-state index contributed by atoms with van der Waals surface area (Å²) in [4.78, 5) is 3.93. The van der Waals surface area contributed by atoms with Crippen molar-refractivity contribution >= 4 is 10.8 Å². The number of hydrogen-bond donors (Lipinski definition) is 0. The monoisotopic (exact) mass is 202 g/mol. The van der Waals surface area contributed by atoms with Crippen molar-refractivity contribution in [2.45, 2.75) is 0 Å². The molecule has 0 aliphatic carbocycles. The normalized spacial score (nSPS) is 9.93. The lowest BCUT2D eigenvalue weighted by molar-refractivity contribution is 0.403. The Morgan fingerprint density at radius 1 is 1.40 bits per heavy atom. The molecule has 1 aromatic carbocycles. The predicted octanol–water partition coefficient (Wildman–Crippen LogP) is 2.25. The van der Waals surface area contributed by atoms with Crippen molar-refractivity contribution in [1.29, 1.82) is 5.26 Å². The second-order valence-electron chi connectivity index (χ2n) is 2.96. The molecule has 0 amide bonds. The van der Waals surface area contributed by atoms with Gasteiger partial charge in [-0.15, -0.1) is 0 Å². The molecule has 2 rings (SSSR count). The van der Waals surface area contributed by atoms with E-state index in [1.54, 1.807) is 12.1 Å². The molecule has 3 nitrogen and oxygen atoms in total. The van der Waals surface area contributed by atoms with Gasteiger partial charge in [0, 0.05) is 10.8 Å². The maximum atomic E-state index is 13.4. The van der Waals surface area contributed by atoms with Crippen LogP contribution in [0.15, 0.2) is 24.3 Å². The van der Waals surface area contributed by atoms with Crippen molar-refractivity contribution in [1.82, 2.24) is 4.98 Å². The third-order valence-corrected chi connectivity index (χ3v) is 2.09. The molecule has 0 aliphatic heterocycles. The summed E-state index contributed by atoms with van der Waals surface area (Å²) in [7, 11) is 1.44. The molecule has 0 saturated carbocycles. The van der Waals surface area contributed by atoms with E-state index >= 15 is 0 Å².